The number of rotatable bonds is 3. The smallest absolute Gasteiger partial charge is 0.141 e. The van der Waals surface area contributed by atoms with Crippen LogP contribution in [0.5, 0.6) is 0 Å². The standard InChI is InChI=1S/C14H11ClN2/c15-13-9-5-4-8-12(13)14(10-16)17-11-6-2-1-3-7-11/h1-9,14,17H. The second kappa shape index (κ2) is 5.38. The number of anilines is 1. The average molecular weight is 243 g/mol. The Hall–Kier alpha value is -1.98. The van der Waals surface area contributed by atoms with Crippen molar-refractivity contribution in [2.45, 2.75) is 6.04 Å². The van der Waals surface area contributed by atoms with Crippen LogP contribution < -0.4 is 5.32 Å². The lowest BCUT2D eigenvalue weighted by Gasteiger charge is -2.14. The summed E-state index contributed by atoms with van der Waals surface area (Å²) in [5.41, 5.74) is 1.69. The van der Waals surface area contributed by atoms with Gasteiger partial charge in [0.25, 0.3) is 0 Å². The Morgan fingerprint density at radius 3 is 2.29 bits per heavy atom. The molecule has 0 saturated carbocycles. The van der Waals surface area contributed by atoms with Crippen LogP contribution in [-0.2, 0) is 0 Å². The number of hydrogen-bond acceptors (Lipinski definition) is 2. The molecule has 0 aliphatic rings. The molecule has 2 nitrogen and oxygen atoms in total. The van der Waals surface area contributed by atoms with Crippen LogP contribution in [-0.4, -0.2) is 0 Å². The molecule has 0 radical (unpaired) electrons. The fraction of sp³-hybridized carbons (Fsp3) is 0.0714. The molecule has 0 aliphatic carbocycles. The molecule has 84 valence electrons. The van der Waals surface area contributed by atoms with Crippen LogP contribution in [0.1, 0.15) is 11.6 Å². The van der Waals surface area contributed by atoms with Gasteiger partial charge in [0, 0.05) is 16.3 Å². The van der Waals surface area contributed by atoms with Crippen LogP contribution >= 0.6 is 11.6 Å². The van der Waals surface area contributed by atoms with Gasteiger partial charge in [-0.05, 0) is 18.2 Å². The molecule has 1 atom stereocenters. The summed E-state index contributed by atoms with van der Waals surface area (Å²) in [6.07, 6.45) is 0. The summed E-state index contributed by atoms with van der Waals surface area (Å²) < 4.78 is 0. The molecule has 1 N–H and O–H groups in total. The summed E-state index contributed by atoms with van der Waals surface area (Å²) in [6, 6.07) is 18.7. The van der Waals surface area contributed by atoms with Gasteiger partial charge in [0.1, 0.15) is 6.04 Å². The quantitative estimate of drug-likeness (QED) is 0.883. The maximum Gasteiger partial charge on any atom is 0.141 e. The van der Waals surface area contributed by atoms with Crippen LogP contribution in [0.25, 0.3) is 0 Å². The van der Waals surface area contributed by atoms with E-state index in [0.717, 1.165) is 11.3 Å². The normalized spacial score (nSPS) is 11.5. The molecule has 0 fully saturated rings. The summed E-state index contributed by atoms with van der Waals surface area (Å²) in [4.78, 5) is 0. The third-order valence-electron chi connectivity index (χ3n) is 2.43. The highest BCUT2D eigenvalue weighted by Crippen LogP contribution is 2.25. The largest absolute Gasteiger partial charge is 0.366 e. The van der Waals surface area contributed by atoms with Crippen molar-refractivity contribution in [1.82, 2.24) is 0 Å². The highest BCUT2D eigenvalue weighted by molar-refractivity contribution is 6.31. The van der Waals surface area contributed by atoms with Gasteiger partial charge in [0.15, 0.2) is 0 Å². The van der Waals surface area contributed by atoms with Gasteiger partial charge in [-0.25, -0.2) is 0 Å². The maximum atomic E-state index is 9.19. The zero-order valence-corrected chi connectivity index (χ0v) is 9.85. The Bertz CT molecular complexity index is 531. The minimum absolute atomic E-state index is 0.439. The number of nitrogens with zero attached hydrogens (tertiary/aromatic N) is 1. The van der Waals surface area contributed by atoms with Gasteiger partial charge >= 0.3 is 0 Å². The topological polar surface area (TPSA) is 35.8 Å². The first-order valence-corrected chi connectivity index (χ1v) is 5.64. The predicted octanol–water partition coefficient (Wildman–Crippen LogP) is 4.02. The van der Waals surface area contributed by atoms with Crippen LogP contribution in [0.3, 0.4) is 0 Å². The van der Waals surface area contributed by atoms with Gasteiger partial charge in [-0.15, -0.1) is 0 Å². The van der Waals surface area contributed by atoms with Crippen molar-refractivity contribution >= 4 is 17.3 Å². The van der Waals surface area contributed by atoms with Gasteiger partial charge in [-0.2, -0.15) is 5.26 Å². The Morgan fingerprint density at radius 1 is 1.00 bits per heavy atom. The number of nitriles is 1. The molecule has 1 unspecified atom stereocenters. The second-order valence-electron chi connectivity index (χ2n) is 3.59. The van der Waals surface area contributed by atoms with Gasteiger partial charge in [-0.1, -0.05) is 48.0 Å². The van der Waals surface area contributed by atoms with E-state index in [9.17, 15) is 5.26 Å². The summed E-state index contributed by atoms with van der Waals surface area (Å²) >= 11 is 6.07. The molecule has 0 aliphatic heterocycles. The van der Waals surface area contributed by atoms with E-state index in [1.807, 2.05) is 48.5 Å². The minimum atomic E-state index is -0.439. The van der Waals surface area contributed by atoms with Crippen molar-refractivity contribution < 1.29 is 0 Å². The summed E-state index contributed by atoms with van der Waals surface area (Å²) in [5, 5.41) is 12.9. The fourth-order valence-electron chi connectivity index (χ4n) is 1.59. The van der Waals surface area contributed by atoms with E-state index in [2.05, 4.69) is 11.4 Å². The first kappa shape index (κ1) is 11.5. The zero-order chi connectivity index (χ0) is 12.1. The van der Waals surface area contributed by atoms with E-state index in [1.54, 1.807) is 6.07 Å². The molecule has 0 heterocycles. The molecular formula is C14H11ClN2. The molecule has 2 rings (SSSR count). The van der Waals surface area contributed by atoms with Gasteiger partial charge < -0.3 is 5.32 Å². The first-order chi connectivity index (χ1) is 8.31. The predicted molar refractivity (Wildman–Crippen MR) is 69.9 cm³/mol. The SMILES string of the molecule is N#CC(Nc1ccccc1)c1ccccc1Cl. The number of halogens is 1. The number of nitrogens with one attached hydrogen (secondary N) is 1. The molecule has 3 heteroatoms. The van der Waals surface area contributed by atoms with Crippen molar-refractivity contribution in [1.29, 1.82) is 5.26 Å². The molecule has 0 aromatic heterocycles. The molecular weight excluding hydrogens is 232 g/mol. The van der Waals surface area contributed by atoms with Crippen LogP contribution in [0, 0.1) is 11.3 Å². The summed E-state index contributed by atoms with van der Waals surface area (Å²) in [6.45, 7) is 0. The average Bonchev–Trinajstić information content (AvgIpc) is 2.38. The minimum Gasteiger partial charge on any atom is -0.366 e. The van der Waals surface area contributed by atoms with Gasteiger partial charge in [-0.3, -0.25) is 0 Å². The maximum absolute atomic E-state index is 9.19. The third-order valence-corrected chi connectivity index (χ3v) is 2.77. The van der Waals surface area contributed by atoms with Crippen LogP contribution in [0.4, 0.5) is 5.69 Å². The highest BCUT2D eigenvalue weighted by Gasteiger charge is 2.12. The molecule has 17 heavy (non-hydrogen) atoms. The third kappa shape index (κ3) is 2.77. The van der Waals surface area contributed by atoms with Crippen LogP contribution in [0.2, 0.25) is 5.02 Å². The molecule has 0 saturated heterocycles. The van der Waals surface area contributed by atoms with E-state index in [1.165, 1.54) is 0 Å². The Labute approximate surface area is 105 Å². The second-order valence-corrected chi connectivity index (χ2v) is 4.00. The lowest BCUT2D eigenvalue weighted by Crippen LogP contribution is -2.08. The van der Waals surface area contributed by atoms with E-state index in [0.29, 0.717) is 5.02 Å². The summed E-state index contributed by atoms with van der Waals surface area (Å²) in [7, 11) is 0. The van der Waals surface area contributed by atoms with E-state index in [4.69, 9.17) is 11.6 Å². The number of hydrogen-bond donors (Lipinski definition) is 1. The first-order valence-electron chi connectivity index (χ1n) is 5.27. The van der Waals surface area contributed by atoms with Crippen molar-refractivity contribution in [2.24, 2.45) is 0 Å². The molecule has 2 aromatic carbocycles. The van der Waals surface area contributed by atoms with Gasteiger partial charge in [0.05, 0.1) is 6.07 Å². The zero-order valence-electron chi connectivity index (χ0n) is 9.10. The van der Waals surface area contributed by atoms with Crippen molar-refractivity contribution in [3.05, 3.63) is 65.2 Å². The number of benzene rings is 2. The lowest BCUT2D eigenvalue weighted by molar-refractivity contribution is 0.998. The van der Waals surface area contributed by atoms with E-state index < -0.39 is 6.04 Å². The Morgan fingerprint density at radius 2 is 1.65 bits per heavy atom. The monoisotopic (exact) mass is 242 g/mol. The molecule has 0 amide bonds. The number of para-hydroxylation sites is 1. The molecule has 0 bridgehead atoms. The van der Waals surface area contributed by atoms with Crippen molar-refractivity contribution in [2.75, 3.05) is 5.32 Å². The van der Waals surface area contributed by atoms with E-state index >= 15 is 0 Å². The lowest BCUT2D eigenvalue weighted by atomic mass is 10.1. The van der Waals surface area contributed by atoms with Gasteiger partial charge in [0.2, 0.25) is 0 Å². The highest BCUT2D eigenvalue weighted by atomic mass is 35.5. The Balaban J connectivity index is 2.25. The van der Waals surface area contributed by atoms with Crippen LogP contribution in [0.15, 0.2) is 54.6 Å². The van der Waals surface area contributed by atoms with E-state index in [-0.39, 0.29) is 0 Å². The Kier molecular flexibility index (Phi) is 3.64. The van der Waals surface area contributed by atoms with Crippen molar-refractivity contribution in [3.63, 3.8) is 0 Å². The summed E-state index contributed by atoms with van der Waals surface area (Å²) in [5.74, 6) is 0. The van der Waals surface area contributed by atoms with Crippen molar-refractivity contribution in [3.8, 4) is 6.07 Å². The molecule has 2 aromatic rings. The molecule has 0 spiro atoms. The fourth-order valence-corrected chi connectivity index (χ4v) is 1.83.